The lowest BCUT2D eigenvalue weighted by molar-refractivity contribution is -0.143. The molecule has 1 heterocycles. The van der Waals surface area contributed by atoms with Crippen molar-refractivity contribution in [3.8, 4) is 0 Å². The Morgan fingerprint density at radius 2 is 1.06 bits per heavy atom. The third-order valence-corrected chi connectivity index (χ3v) is 15.4. The van der Waals surface area contributed by atoms with Gasteiger partial charge in [-0.2, -0.15) is 0 Å². The van der Waals surface area contributed by atoms with Crippen molar-refractivity contribution in [3.05, 3.63) is 18.2 Å². The van der Waals surface area contributed by atoms with Crippen molar-refractivity contribution in [1.29, 1.82) is 0 Å². The number of aliphatic hydroxyl groups excluding tert-OH is 2. The SMILES string of the molecule is CCC(C)[C@H](NC(=O)[C@@H](CCCN=C(N)N)NC(=O)CNC(=O)[C@@H](NC(=O)[C@@H](NC(=O)[C@H](Cc1cnc[nH]1)NC(=O)[C@H](CC1CCCCC1)NC(=O)[C@H](C)NC(=O)[C@@H](N)CCCN=C(N)N)[C@@H](C)O)[C@@H](C)O)C(=O)N[C@@H](CC1CCCCC1)C(=O)O. The standard InChI is InChI=1S/C55H96N18O13/c1-6-29(2)42(51(83)70-40(53(85)86)24-34-17-11-8-12-18-34)71-47(79)37(20-14-22-63-55(59)60)67-41(76)27-64-50(82)43(31(4)74)73-52(84)44(32(5)75)72-49(81)39(25-35-26-61-28-65-35)69-48(80)38(23-33-15-9-7-10-16-33)68-45(77)30(3)66-46(78)36(56)19-13-21-62-54(57)58/h26,28-34,36-40,42-44,74-75H,6-25,27,56H2,1-5H3,(H,61,65)(H,64,82)(H,66,78)(H,67,76)(H,68,77)(H,69,80)(H,70,83)(H,71,79)(H,72,81)(H,73,84)(H,85,86)(H4,57,58,62)(H4,59,60,63)/t29?,30-,31+,32+,36-,37+,38-,39-,40-,42-,43-,44-/m0/s1. The fraction of sp³-hybridized carbons (Fsp3) is 0.727. The number of H-pyrrole nitrogens is 1. The number of imidazole rings is 1. The van der Waals surface area contributed by atoms with Gasteiger partial charge < -0.3 is 96.8 Å². The molecular weight excluding hydrogens is 1120 g/mol. The molecule has 484 valence electrons. The molecule has 0 aromatic carbocycles. The van der Waals surface area contributed by atoms with E-state index in [9.17, 15) is 63.3 Å². The van der Waals surface area contributed by atoms with E-state index in [0.717, 1.165) is 78.1 Å². The quantitative estimate of drug-likeness (QED) is 0.0173. The lowest BCUT2D eigenvalue weighted by Gasteiger charge is -2.30. The van der Waals surface area contributed by atoms with Crippen LogP contribution in [0.1, 0.15) is 149 Å². The number of carbonyl (C=O) groups is 10. The number of aliphatic carboxylic acids is 1. The number of rotatable bonds is 37. The van der Waals surface area contributed by atoms with Gasteiger partial charge >= 0.3 is 5.97 Å². The number of aliphatic imine (C=N–C) groups is 2. The summed E-state index contributed by atoms with van der Waals surface area (Å²) in [6.45, 7) is 6.69. The second kappa shape index (κ2) is 37.7. The lowest BCUT2D eigenvalue weighted by Crippen LogP contribution is -2.63. The van der Waals surface area contributed by atoms with Gasteiger partial charge in [-0.15, -0.1) is 0 Å². The van der Waals surface area contributed by atoms with Gasteiger partial charge in [0.15, 0.2) is 11.9 Å². The molecular formula is C55H96N18O13. The van der Waals surface area contributed by atoms with Crippen molar-refractivity contribution in [2.24, 2.45) is 56.4 Å². The normalized spacial score (nSPS) is 17.9. The molecule has 0 aliphatic heterocycles. The van der Waals surface area contributed by atoms with Gasteiger partial charge in [-0.05, 0) is 77.0 Å². The van der Waals surface area contributed by atoms with Gasteiger partial charge in [0.05, 0.1) is 31.1 Å². The molecule has 1 aromatic heterocycles. The Bertz CT molecular complexity index is 2430. The van der Waals surface area contributed by atoms with Crippen molar-refractivity contribution in [2.45, 2.75) is 217 Å². The monoisotopic (exact) mass is 1220 g/mol. The number of carbonyl (C=O) groups excluding carboxylic acids is 9. The maximum atomic E-state index is 14.3. The third kappa shape index (κ3) is 26.3. The first kappa shape index (κ1) is 72.6. The van der Waals surface area contributed by atoms with Gasteiger partial charge in [0.2, 0.25) is 53.2 Å². The number of hydrogen-bond acceptors (Lipinski definition) is 16. The van der Waals surface area contributed by atoms with Crippen LogP contribution in [0.25, 0.3) is 0 Å². The summed E-state index contributed by atoms with van der Waals surface area (Å²) in [6, 6.07) is -12.2. The molecule has 2 aliphatic carbocycles. The number of aromatic amines is 1. The Hall–Kier alpha value is -7.67. The van der Waals surface area contributed by atoms with E-state index in [4.69, 9.17) is 28.7 Å². The molecule has 0 radical (unpaired) electrons. The van der Waals surface area contributed by atoms with Crippen LogP contribution < -0.4 is 76.5 Å². The zero-order valence-electron chi connectivity index (χ0n) is 50.2. The second-order valence-electron chi connectivity index (χ2n) is 22.7. The minimum absolute atomic E-state index is 0.0165. The molecule has 0 bridgehead atoms. The summed E-state index contributed by atoms with van der Waals surface area (Å²) in [4.78, 5) is 151. The van der Waals surface area contributed by atoms with E-state index in [0.29, 0.717) is 18.5 Å². The highest BCUT2D eigenvalue weighted by Gasteiger charge is 2.38. The molecule has 1 aromatic rings. The van der Waals surface area contributed by atoms with Gasteiger partial charge in [0.25, 0.3) is 0 Å². The molecule has 23 N–H and O–H groups in total. The molecule has 3 rings (SSSR count). The number of carboxylic acid groups (broad SMARTS) is 1. The maximum Gasteiger partial charge on any atom is 0.326 e. The van der Waals surface area contributed by atoms with Gasteiger partial charge in [-0.3, -0.25) is 53.1 Å². The number of nitrogens with one attached hydrogen (secondary N) is 10. The zero-order chi connectivity index (χ0) is 64.0. The summed E-state index contributed by atoms with van der Waals surface area (Å²) in [5, 5.41) is 54.5. The molecule has 2 aliphatic rings. The van der Waals surface area contributed by atoms with Gasteiger partial charge in [0, 0.05) is 31.4 Å². The Morgan fingerprint density at radius 3 is 1.58 bits per heavy atom. The van der Waals surface area contributed by atoms with E-state index in [1.165, 1.54) is 19.4 Å². The van der Waals surface area contributed by atoms with E-state index in [1.54, 1.807) is 13.8 Å². The van der Waals surface area contributed by atoms with E-state index >= 15 is 0 Å². The summed E-state index contributed by atoms with van der Waals surface area (Å²) in [6.07, 6.45) is 9.67. The van der Waals surface area contributed by atoms with Crippen LogP contribution in [0.15, 0.2) is 22.5 Å². The summed E-state index contributed by atoms with van der Waals surface area (Å²) >= 11 is 0. The van der Waals surface area contributed by atoms with Crippen LogP contribution in [0, 0.1) is 17.8 Å². The molecule has 31 heteroatoms. The topological polar surface area (TPSA) is 523 Å². The van der Waals surface area contributed by atoms with E-state index < -0.39 is 138 Å². The number of amides is 9. The molecule has 86 heavy (non-hydrogen) atoms. The fourth-order valence-corrected chi connectivity index (χ4v) is 10.2. The van der Waals surface area contributed by atoms with Crippen LogP contribution in [0.3, 0.4) is 0 Å². The molecule has 0 spiro atoms. The summed E-state index contributed by atoms with van der Waals surface area (Å²) in [5.74, 6) is -9.74. The van der Waals surface area contributed by atoms with Gasteiger partial charge in [0.1, 0.15) is 48.3 Å². The average Bonchev–Trinajstić information content (AvgIpc) is 3.52. The molecule has 9 amide bonds. The summed E-state index contributed by atoms with van der Waals surface area (Å²) in [7, 11) is 0. The number of aromatic nitrogens is 2. The predicted octanol–water partition coefficient (Wildman–Crippen LogP) is -3.77. The van der Waals surface area contributed by atoms with Crippen LogP contribution in [0.2, 0.25) is 0 Å². The molecule has 12 atom stereocenters. The average molecular weight is 1220 g/mol. The molecule has 0 saturated heterocycles. The number of nitrogens with two attached hydrogens (primary N) is 5. The first-order valence-corrected chi connectivity index (χ1v) is 29.8. The lowest BCUT2D eigenvalue weighted by atomic mass is 9.84. The van der Waals surface area contributed by atoms with Crippen molar-refractivity contribution >= 4 is 71.1 Å². The largest absolute Gasteiger partial charge is 0.480 e. The van der Waals surface area contributed by atoms with E-state index in [1.807, 2.05) is 0 Å². The van der Waals surface area contributed by atoms with E-state index in [-0.39, 0.29) is 75.4 Å². The summed E-state index contributed by atoms with van der Waals surface area (Å²) in [5.41, 5.74) is 28.1. The van der Waals surface area contributed by atoms with Crippen molar-refractivity contribution in [1.82, 2.24) is 57.8 Å². The van der Waals surface area contributed by atoms with Crippen molar-refractivity contribution in [3.63, 3.8) is 0 Å². The third-order valence-electron chi connectivity index (χ3n) is 15.4. The van der Waals surface area contributed by atoms with Crippen LogP contribution in [-0.2, 0) is 54.4 Å². The molecule has 31 nitrogen and oxygen atoms in total. The van der Waals surface area contributed by atoms with Gasteiger partial charge in [-0.1, -0.05) is 84.5 Å². The van der Waals surface area contributed by atoms with Crippen LogP contribution in [0.4, 0.5) is 0 Å². The number of carboxylic acids is 1. The Morgan fingerprint density at radius 1 is 0.581 bits per heavy atom. The molecule has 1 unspecified atom stereocenters. The Balaban J connectivity index is 1.76. The number of aliphatic hydroxyl groups is 2. The number of guanidine groups is 2. The first-order chi connectivity index (χ1) is 40.7. The highest BCUT2D eigenvalue weighted by Crippen LogP contribution is 2.29. The first-order valence-electron chi connectivity index (χ1n) is 29.8. The molecule has 2 fully saturated rings. The molecule has 2 saturated carbocycles. The van der Waals surface area contributed by atoms with Crippen LogP contribution in [0.5, 0.6) is 0 Å². The second-order valence-corrected chi connectivity index (χ2v) is 22.7. The highest BCUT2D eigenvalue weighted by molar-refractivity contribution is 5.98. The van der Waals surface area contributed by atoms with Gasteiger partial charge in [-0.25, -0.2) is 9.78 Å². The smallest absolute Gasteiger partial charge is 0.326 e. The highest BCUT2D eigenvalue weighted by atomic mass is 16.4. The zero-order valence-corrected chi connectivity index (χ0v) is 50.2. The Kier molecular flexibility index (Phi) is 31.8. The Labute approximate surface area is 501 Å². The van der Waals surface area contributed by atoms with Crippen LogP contribution in [-0.4, -0.2) is 183 Å². The maximum absolute atomic E-state index is 14.3. The summed E-state index contributed by atoms with van der Waals surface area (Å²) < 4.78 is 0. The van der Waals surface area contributed by atoms with Crippen molar-refractivity contribution < 1.29 is 63.3 Å². The number of nitrogens with zero attached hydrogens (tertiary/aromatic N) is 3. The number of hydrogen-bond donors (Lipinski definition) is 18. The predicted molar refractivity (Wildman–Crippen MR) is 317 cm³/mol. The fourth-order valence-electron chi connectivity index (χ4n) is 10.2. The van der Waals surface area contributed by atoms with Crippen LogP contribution >= 0.6 is 0 Å². The minimum atomic E-state index is -1.83. The minimum Gasteiger partial charge on any atom is -0.480 e. The van der Waals surface area contributed by atoms with Crippen molar-refractivity contribution in [2.75, 3.05) is 19.6 Å². The van der Waals surface area contributed by atoms with E-state index in [2.05, 4.69) is 67.8 Å².